The molecule has 0 saturated carbocycles. The van der Waals surface area contributed by atoms with Crippen molar-refractivity contribution >= 4 is 28.9 Å². The van der Waals surface area contributed by atoms with Crippen LogP contribution in [0.25, 0.3) is 22.8 Å². The number of carbonyl (C=O) groups is 2. The first kappa shape index (κ1) is 24.1. The smallest absolute Gasteiger partial charge is 0.332 e. The van der Waals surface area contributed by atoms with E-state index >= 15 is 0 Å². The van der Waals surface area contributed by atoms with Crippen LogP contribution in [-0.2, 0) is 16.0 Å². The molecule has 2 heterocycles. The first-order valence-corrected chi connectivity index (χ1v) is 11.6. The van der Waals surface area contributed by atoms with Crippen molar-refractivity contribution in [2.45, 2.75) is 33.3 Å². The van der Waals surface area contributed by atoms with Gasteiger partial charge < -0.3 is 14.4 Å². The molecule has 0 aliphatic carbocycles. The first-order valence-electron chi connectivity index (χ1n) is 11.6. The maximum absolute atomic E-state index is 13.6. The van der Waals surface area contributed by atoms with Crippen LogP contribution in [0.1, 0.15) is 46.6 Å². The number of nitrogens with zero attached hydrogens (tertiary/aromatic N) is 2. The van der Waals surface area contributed by atoms with Crippen molar-refractivity contribution in [1.82, 2.24) is 9.55 Å². The molecule has 6 nitrogen and oxygen atoms in total. The zero-order valence-corrected chi connectivity index (χ0v) is 20.1. The minimum atomic E-state index is -0.990. The van der Waals surface area contributed by atoms with Crippen molar-refractivity contribution in [2.24, 2.45) is 0 Å². The summed E-state index contributed by atoms with van der Waals surface area (Å²) < 4.78 is 7.32. The van der Waals surface area contributed by atoms with Crippen molar-refractivity contribution in [3.63, 3.8) is 0 Å². The van der Waals surface area contributed by atoms with Crippen LogP contribution in [0, 0.1) is 6.92 Å². The predicted octanol–water partition coefficient (Wildman–Crippen LogP) is 5.63. The number of aromatic nitrogens is 2. The van der Waals surface area contributed by atoms with Gasteiger partial charge in [-0.25, -0.2) is 4.79 Å². The van der Waals surface area contributed by atoms with E-state index in [0.29, 0.717) is 16.6 Å². The number of fused-ring (bicyclic) bond motifs is 1. The van der Waals surface area contributed by atoms with E-state index < -0.39 is 12.1 Å². The fourth-order valence-corrected chi connectivity index (χ4v) is 4.14. The Bertz CT molecular complexity index is 1420. The van der Waals surface area contributed by atoms with E-state index in [1.807, 2.05) is 73.7 Å². The number of carboxylic acid groups (broad SMARTS) is 1. The van der Waals surface area contributed by atoms with Gasteiger partial charge in [-0.05, 0) is 61.7 Å². The lowest BCUT2D eigenvalue weighted by atomic mass is 10.00. The second-order valence-corrected chi connectivity index (χ2v) is 8.36. The van der Waals surface area contributed by atoms with Crippen molar-refractivity contribution in [3.05, 3.63) is 101 Å². The quantitative estimate of drug-likeness (QED) is 0.322. The van der Waals surface area contributed by atoms with Crippen molar-refractivity contribution in [2.75, 3.05) is 6.61 Å². The Morgan fingerprint density at radius 3 is 2.69 bits per heavy atom. The molecule has 35 heavy (non-hydrogen) atoms. The highest BCUT2D eigenvalue weighted by Crippen LogP contribution is 2.30. The zero-order valence-electron chi connectivity index (χ0n) is 20.1. The molecular weight excluding hydrogens is 440 g/mol. The van der Waals surface area contributed by atoms with E-state index in [4.69, 9.17) is 9.84 Å². The molecule has 0 spiro atoms. The largest absolute Gasteiger partial charge is 0.479 e. The summed E-state index contributed by atoms with van der Waals surface area (Å²) in [4.78, 5) is 29.1. The molecule has 2 aromatic carbocycles. The summed E-state index contributed by atoms with van der Waals surface area (Å²) in [6, 6.07) is 19.5. The van der Waals surface area contributed by atoms with E-state index in [2.05, 4.69) is 16.5 Å². The van der Waals surface area contributed by atoms with Gasteiger partial charge in [0.1, 0.15) is 0 Å². The van der Waals surface area contributed by atoms with Crippen LogP contribution in [0.15, 0.2) is 72.9 Å². The Balaban J connectivity index is 1.72. The topological polar surface area (TPSA) is 81.4 Å². The predicted molar refractivity (Wildman–Crippen MR) is 137 cm³/mol. The van der Waals surface area contributed by atoms with Crippen molar-refractivity contribution < 1.29 is 19.4 Å². The second kappa shape index (κ2) is 10.5. The zero-order chi connectivity index (χ0) is 24.9. The Morgan fingerprint density at radius 1 is 1.11 bits per heavy atom. The molecule has 0 aliphatic heterocycles. The van der Waals surface area contributed by atoms with Gasteiger partial charge in [-0.1, -0.05) is 49.4 Å². The molecule has 0 bridgehead atoms. The highest BCUT2D eigenvalue weighted by atomic mass is 16.5. The number of ether oxygens (including phenoxy) is 1. The van der Waals surface area contributed by atoms with Gasteiger partial charge in [0.05, 0.1) is 23.2 Å². The molecule has 1 atom stereocenters. The molecule has 178 valence electrons. The number of carbonyl (C=O) groups excluding carboxylic acids is 1. The van der Waals surface area contributed by atoms with Crippen LogP contribution >= 0.6 is 0 Å². The summed E-state index contributed by atoms with van der Waals surface area (Å²) in [5.41, 5.74) is 6.58. The van der Waals surface area contributed by atoms with E-state index in [1.54, 1.807) is 12.3 Å². The molecule has 4 rings (SSSR count). The van der Waals surface area contributed by atoms with E-state index in [9.17, 15) is 9.59 Å². The average molecular weight is 469 g/mol. The van der Waals surface area contributed by atoms with E-state index in [-0.39, 0.29) is 12.4 Å². The Labute approximate surface area is 204 Å². The summed E-state index contributed by atoms with van der Waals surface area (Å²) in [5.74, 6) is -1.03. The lowest BCUT2D eigenvalue weighted by Crippen LogP contribution is -2.19. The summed E-state index contributed by atoms with van der Waals surface area (Å²) in [5, 5.41) is 8.93. The number of pyridine rings is 1. The minimum absolute atomic E-state index is 0.0407. The number of hydrogen-bond donors (Lipinski definition) is 1. The second-order valence-electron chi connectivity index (χ2n) is 8.36. The fourth-order valence-electron chi connectivity index (χ4n) is 4.14. The van der Waals surface area contributed by atoms with Crippen LogP contribution in [0.4, 0.5) is 0 Å². The van der Waals surface area contributed by atoms with Gasteiger partial charge in [0.15, 0.2) is 11.9 Å². The third kappa shape index (κ3) is 5.08. The summed E-state index contributed by atoms with van der Waals surface area (Å²) >= 11 is 0. The molecule has 6 heteroatoms. The Kier molecular flexibility index (Phi) is 7.22. The van der Waals surface area contributed by atoms with Crippen LogP contribution < -0.4 is 0 Å². The molecule has 0 fully saturated rings. The van der Waals surface area contributed by atoms with Gasteiger partial charge in [-0.3, -0.25) is 9.78 Å². The summed E-state index contributed by atoms with van der Waals surface area (Å²) in [6.45, 7) is 5.72. The van der Waals surface area contributed by atoms with Gasteiger partial charge in [-0.15, -0.1) is 0 Å². The maximum atomic E-state index is 13.6. The molecular formula is C29H28N2O4. The van der Waals surface area contributed by atoms with Crippen LogP contribution in [-0.4, -0.2) is 39.1 Å². The molecule has 0 aliphatic rings. The van der Waals surface area contributed by atoms with Gasteiger partial charge in [0, 0.05) is 23.1 Å². The monoisotopic (exact) mass is 468 g/mol. The van der Waals surface area contributed by atoms with Gasteiger partial charge in [-0.2, -0.15) is 0 Å². The Morgan fingerprint density at radius 2 is 1.91 bits per heavy atom. The standard InChI is InChI=1S/C29H28N2O4/c1-4-21-9-5-12-23(17-21)28(32)26-19(2)31(25-14-7-15-30-27(25)26)24-13-6-10-22(18-24)11-8-16-35-20(3)29(33)34/h5-15,17-18,20H,4,16H2,1-3H3,(H,33,34)/b11-8+/t20-/m0/s1. The normalized spacial score (nSPS) is 12.3. The molecule has 0 unspecified atom stereocenters. The lowest BCUT2D eigenvalue weighted by molar-refractivity contribution is -0.148. The summed E-state index contributed by atoms with van der Waals surface area (Å²) in [7, 11) is 0. The minimum Gasteiger partial charge on any atom is -0.479 e. The number of benzene rings is 2. The van der Waals surface area contributed by atoms with Crippen molar-refractivity contribution in [3.8, 4) is 5.69 Å². The number of carboxylic acids is 1. The lowest BCUT2D eigenvalue weighted by Gasteiger charge is -2.10. The highest BCUT2D eigenvalue weighted by molar-refractivity contribution is 6.17. The van der Waals surface area contributed by atoms with Crippen LogP contribution in [0.2, 0.25) is 0 Å². The molecule has 1 N–H and O–H groups in total. The molecule has 0 radical (unpaired) electrons. The van der Waals surface area contributed by atoms with E-state index in [0.717, 1.165) is 34.4 Å². The van der Waals surface area contributed by atoms with Gasteiger partial charge in [0.25, 0.3) is 0 Å². The first-order chi connectivity index (χ1) is 16.9. The molecule has 4 aromatic rings. The fraction of sp³-hybridized carbons (Fsp3) is 0.207. The third-order valence-corrected chi connectivity index (χ3v) is 6.01. The molecule has 0 amide bonds. The van der Waals surface area contributed by atoms with E-state index in [1.165, 1.54) is 6.92 Å². The highest BCUT2D eigenvalue weighted by Gasteiger charge is 2.23. The third-order valence-electron chi connectivity index (χ3n) is 6.01. The number of hydrogen-bond acceptors (Lipinski definition) is 4. The van der Waals surface area contributed by atoms with Crippen molar-refractivity contribution in [1.29, 1.82) is 0 Å². The van der Waals surface area contributed by atoms with Crippen LogP contribution in [0.5, 0.6) is 0 Å². The van der Waals surface area contributed by atoms with Gasteiger partial charge >= 0.3 is 5.97 Å². The maximum Gasteiger partial charge on any atom is 0.332 e. The average Bonchev–Trinajstić information content (AvgIpc) is 3.17. The molecule has 2 aromatic heterocycles. The number of ketones is 1. The SMILES string of the molecule is CCc1cccc(C(=O)c2c(C)n(-c3cccc(/C=C/CO[C@@H](C)C(=O)O)c3)c3cccnc23)c1. The molecule has 0 saturated heterocycles. The number of aryl methyl sites for hydroxylation is 1. The number of rotatable bonds is 9. The summed E-state index contributed by atoms with van der Waals surface area (Å²) in [6.07, 6.45) is 5.39. The van der Waals surface area contributed by atoms with Crippen LogP contribution in [0.3, 0.4) is 0 Å². The Hall–Kier alpha value is -4.03. The number of aliphatic carboxylic acids is 1. The van der Waals surface area contributed by atoms with Gasteiger partial charge in [0.2, 0.25) is 0 Å².